The Kier molecular flexibility index (Phi) is 38.5. The second-order valence-electron chi connectivity index (χ2n) is 14.3. The van der Waals surface area contributed by atoms with Crippen LogP contribution in [0.25, 0.3) is 0 Å². The average molecular weight is 717 g/mol. The van der Waals surface area contributed by atoms with Gasteiger partial charge in [-0.3, -0.25) is 14.4 Å². The number of ether oxygens (including phenoxy) is 3. The van der Waals surface area contributed by atoms with Crippen molar-refractivity contribution < 1.29 is 28.6 Å². The van der Waals surface area contributed by atoms with Crippen molar-refractivity contribution in [2.75, 3.05) is 13.2 Å². The standard InChI is InChI=1S/C45H80O6/c1-4-7-10-13-15-17-19-21-22-24-25-27-29-32-35-38-44(47)50-41-42(40-49-43(46)37-34-31-12-9-6-3)51-45(48)39-36-33-30-28-26-23-20-18-16-14-11-8-5-2/h11,14,18,20-22,42H,4-10,12-13,15-17,19,23-41H2,1-3H3/b14-11-,20-18-,22-21-. The van der Waals surface area contributed by atoms with E-state index in [1.54, 1.807) is 0 Å². The lowest BCUT2D eigenvalue weighted by Crippen LogP contribution is -2.30. The van der Waals surface area contributed by atoms with Crippen molar-refractivity contribution in [2.45, 2.75) is 219 Å². The number of unbranched alkanes of at least 4 members (excludes halogenated alkanes) is 21. The lowest BCUT2D eigenvalue weighted by Gasteiger charge is -2.18. The van der Waals surface area contributed by atoms with Crippen LogP contribution in [0, 0.1) is 0 Å². The lowest BCUT2D eigenvalue weighted by atomic mass is 10.1. The van der Waals surface area contributed by atoms with E-state index < -0.39 is 6.10 Å². The topological polar surface area (TPSA) is 78.9 Å². The third-order valence-corrected chi connectivity index (χ3v) is 9.10. The molecule has 0 rings (SSSR count). The summed E-state index contributed by atoms with van der Waals surface area (Å²) in [6.07, 6.45) is 44.4. The molecule has 0 heterocycles. The van der Waals surface area contributed by atoms with E-state index in [0.29, 0.717) is 19.3 Å². The van der Waals surface area contributed by atoms with Crippen LogP contribution in [-0.2, 0) is 28.6 Å². The van der Waals surface area contributed by atoms with E-state index in [4.69, 9.17) is 14.2 Å². The molecule has 0 saturated carbocycles. The zero-order valence-corrected chi connectivity index (χ0v) is 33.6. The summed E-state index contributed by atoms with van der Waals surface area (Å²) in [6.45, 7) is 6.45. The van der Waals surface area contributed by atoms with Crippen molar-refractivity contribution in [3.8, 4) is 0 Å². The van der Waals surface area contributed by atoms with Crippen LogP contribution in [0.15, 0.2) is 36.5 Å². The van der Waals surface area contributed by atoms with Gasteiger partial charge in [-0.1, -0.05) is 160 Å². The molecule has 51 heavy (non-hydrogen) atoms. The Hall–Kier alpha value is -2.37. The molecule has 1 atom stereocenters. The summed E-state index contributed by atoms with van der Waals surface area (Å²) in [6, 6.07) is 0. The van der Waals surface area contributed by atoms with Crippen molar-refractivity contribution in [1.82, 2.24) is 0 Å². The Labute approximate surface area is 315 Å². The molecule has 0 bridgehead atoms. The van der Waals surface area contributed by atoms with Crippen LogP contribution >= 0.6 is 0 Å². The third kappa shape index (κ3) is 38.7. The highest BCUT2D eigenvalue weighted by Crippen LogP contribution is 2.13. The number of esters is 3. The highest BCUT2D eigenvalue weighted by atomic mass is 16.6. The van der Waals surface area contributed by atoms with Crippen molar-refractivity contribution in [2.24, 2.45) is 0 Å². The number of rotatable bonds is 38. The average Bonchev–Trinajstić information content (AvgIpc) is 3.12. The first-order valence-corrected chi connectivity index (χ1v) is 21.5. The zero-order valence-electron chi connectivity index (χ0n) is 33.6. The maximum Gasteiger partial charge on any atom is 0.306 e. The summed E-state index contributed by atoms with van der Waals surface area (Å²) in [5, 5.41) is 0. The summed E-state index contributed by atoms with van der Waals surface area (Å²) in [5.41, 5.74) is 0. The lowest BCUT2D eigenvalue weighted by molar-refractivity contribution is -0.167. The molecule has 296 valence electrons. The molecule has 0 aliphatic rings. The van der Waals surface area contributed by atoms with Gasteiger partial charge in [0, 0.05) is 19.3 Å². The first-order valence-electron chi connectivity index (χ1n) is 21.5. The largest absolute Gasteiger partial charge is 0.462 e. The number of hydrogen-bond acceptors (Lipinski definition) is 6. The van der Waals surface area contributed by atoms with Gasteiger partial charge in [-0.05, 0) is 70.6 Å². The second-order valence-corrected chi connectivity index (χ2v) is 14.3. The van der Waals surface area contributed by atoms with Gasteiger partial charge in [0.2, 0.25) is 0 Å². The van der Waals surface area contributed by atoms with E-state index >= 15 is 0 Å². The minimum Gasteiger partial charge on any atom is -0.462 e. The predicted octanol–water partition coefficient (Wildman–Crippen LogP) is 13.4. The summed E-state index contributed by atoms with van der Waals surface area (Å²) >= 11 is 0. The Morgan fingerprint density at radius 2 is 0.745 bits per heavy atom. The fourth-order valence-electron chi connectivity index (χ4n) is 5.83. The fraction of sp³-hybridized carbons (Fsp3) is 0.800. The summed E-state index contributed by atoms with van der Waals surface area (Å²) in [7, 11) is 0. The van der Waals surface area contributed by atoms with Crippen LogP contribution in [0.5, 0.6) is 0 Å². The molecular formula is C45H80O6. The van der Waals surface area contributed by atoms with Crippen molar-refractivity contribution in [1.29, 1.82) is 0 Å². The van der Waals surface area contributed by atoms with Crippen molar-refractivity contribution in [3.05, 3.63) is 36.5 Å². The number of allylic oxidation sites excluding steroid dienone is 6. The summed E-state index contributed by atoms with van der Waals surface area (Å²) in [4.78, 5) is 37.4. The monoisotopic (exact) mass is 717 g/mol. The number of hydrogen-bond donors (Lipinski definition) is 0. The van der Waals surface area contributed by atoms with Crippen molar-refractivity contribution >= 4 is 17.9 Å². The molecule has 6 nitrogen and oxygen atoms in total. The number of carbonyl (C=O) groups is 3. The maximum absolute atomic E-state index is 12.6. The molecule has 1 unspecified atom stereocenters. The van der Waals surface area contributed by atoms with Crippen molar-refractivity contribution in [3.63, 3.8) is 0 Å². The predicted molar refractivity (Wildman–Crippen MR) is 215 cm³/mol. The number of carbonyl (C=O) groups excluding carboxylic acids is 3. The third-order valence-electron chi connectivity index (χ3n) is 9.10. The Morgan fingerprint density at radius 1 is 0.392 bits per heavy atom. The SMILES string of the molecule is CCC/C=C\C/C=C\CCCCCCCC(=O)OC(COC(=O)CCCCCCC)COC(=O)CCCCCCC/C=C\CCCCCCCC. The van der Waals surface area contributed by atoms with E-state index in [9.17, 15) is 14.4 Å². The highest BCUT2D eigenvalue weighted by molar-refractivity contribution is 5.71. The van der Waals surface area contributed by atoms with E-state index in [0.717, 1.165) is 103 Å². The zero-order chi connectivity index (χ0) is 37.3. The van der Waals surface area contributed by atoms with Gasteiger partial charge < -0.3 is 14.2 Å². The van der Waals surface area contributed by atoms with E-state index in [1.807, 2.05) is 0 Å². The van der Waals surface area contributed by atoms with Gasteiger partial charge in [-0.25, -0.2) is 0 Å². The smallest absolute Gasteiger partial charge is 0.306 e. The molecule has 0 aromatic carbocycles. The molecule has 0 amide bonds. The second kappa shape index (κ2) is 40.4. The molecule has 0 aliphatic heterocycles. The molecule has 0 aliphatic carbocycles. The molecular weight excluding hydrogens is 636 g/mol. The molecule has 0 aromatic heterocycles. The van der Waals surface area contributed by atoms with Gasteiger partial charge in [0.05, 0.1) is 0 Å². The first-order chi connectivity index (χ1) is 25.0. The van der Waals surface area contributed by atoms with Gasteiger partial charge in [-0.2, -0.15) is 0 Å². The molecule has 0 saturated heterocycles. The van der Waals surface area contributed by atoms with Gasteiger partial charge in [0.1, 0.15) is 13.2 Å². The van der Waals surface area contributed by atoms with Gasteiger partial charge in [0.25, 0.3) is 0 Å². The fourth-order valence-corrected chi connectivity index (χ4v) is 5.83. The molecule has 0 aromatic rings. The van der Waals surface area contributed by atoms with Crippen LogP contribution in [0.4, 0.5) is 0 Å². The van der Waals surface area contributed by atoms with Crippen LogP contribution in [0.2, 0.25) is 0 Å². The van der Waals surface area contributed by atoms with E-state index in [1.165, 1.54) is 70.6 Å². The summed E-state index contributed by atoms with van der Waals surface area (Å²) in [5.74, 6) is -0.920. The quantitative estimate of drug-likeness (QED) is 0.0274. The summed E-state index contributed by atoms with van der Waals surface area (Å²) < 4.78 is 16.5. The molecule has 0 fully saturated rings. The van der Waals surface area contributed by atoms with Crippen LogP contribution in [0.3, 0.4) is 0 Å². The molecule has 0 spiro atoms. The Morgan fingerprint density at radius 3 is 1.18 bits per heavy atom. The van der Waals surface area contributed by atoms with Gasteiger partial charge >= 0.3 is 17.9 Å². The highest BCUT2D eigenvalue weighted by Gasteiger charge is 2.19. The maximum atomic E-state index is 12.6. The van der Waals surface area contributed by atoms with Gasteiger partial charge in [0.15, 0.2) is 6.10 Å². The first kappa shape index (κ1) is 48.6. The van der Waals surface area contributed by atoms with Crippen LogP contribution < -0.4 is 0 Å². The Bertz CT molecular complexity index is 876. The van der Waals surface area contributed by atoms with Crippen LogP contribution in [-0.4, -0.2) is 37.2 Å². The molecule has 6 heteroatoms. The molecule has 0 radical (unpaired) electrons. The van der Waals surface area contributed by atoms with E-state index in [2.05, 4.69) is 57.2 Å². The van der Waals surface area contributed by atoms with E-state index in [-0.39, 0.29) is 31.1 Å². The normalized spacial score (nSPS) is 12.3. The minimum absolute atomic E-state index is 0.0812. The molecule has 0 N–H and O–H groups in total. The Balaban J connectivity index is 4.27. The van der Waals surface area contributed by atoms with Crippen LogP contribution in [0.1, 0.15) is 213 Å². The minimum atomic E-state index is -0.775. The van der Waals surface area contributed by atoms with Gasteiger partial charge in [-0.15, -0.1) is 0 Å².